The van der Waals surface area contributed by atoms with Crippen LogP contribution < -0.4 is 10.2 Å². The Balaban J connectivity index is 2.30. The van der Waals surface area contributed by atoms with Gasteiger partial charge in [-0.1, -0.05) is 0 Å². The summed E-state index contributed by atoms with van der Waals surface area (Å²) in [7, 11) is 0.698. The molecule has 0 amide bonds. The van der Waals surface area contributed by atoms with Crippen molar-refractivity contribution in [1.82, 2.24) is 4.98 Å². The van der Waals surface area contributed by atoms with Crippen LogP contribution in [-0.2, 0) is 9.31 Å². The highest BCUT2D eigenvalue weighted by atomic mass is 19.1. The summed E-state index contributed by atoms with van der Waals surface area (Å²) in [6.45, 7) is 7.67. The number of rotatable bonds is 2. The lowest BCUT2D eigenvalue weighted by molar-refractivity contribution is 0.00578. The van der Waals surface area contributed by atoms with Crippen molar-refractivity contribution in [2.45, 2.75) is 38.9 Å². The molecule has 0 N–H and O–H groups in total. The van der Waals surface area contributed by atoms with E-state index >= 15 is 0 Å². The summed E-state index contributed by atoms with van der Waals surface area (Å²) in [5.74, 6) is -0.215. The molecular weight excluding hydrogens is 236 g/mol. The van der Waals surface area contributed by atoms with E-state index in [-0.39, 0.29) is 11.3 Å². The SMILES string of the molecule is COc1cc(F)c(B2OC(C)(C)C(C)(C)O2)cn1. The maximum atomic E-state index is 13.9. The average molecular weight is 253 g/mol. The molecular formula is C12H17BFNO3. The van der Waals surface area contributed by atoms with Crippen LogP contribution in [0.25, 0.3) is 0 Å². The molecule has 0 radical (unpaired) electrons. The number of halogens is 1. The molecule has 1 aliphatic rings. The van der Waals surface area contributed by atoms with Crippen molar-refractivity contribution >= 4 is 12.6 Å². The second-order valence-electron chi connectivity index (χ2n) is 5.34. The van der Waals surface area contributed by atoms with Crippen LogP contribution in [-0.4, -0.2) is 30.4 Å². The number of ether oxygens (including phenoxy) is 1. The Morgan fingerprint density at radius 2 is 1.78 bits per heavy atom. The summed E-state index contributed by atoms with van der Waals surface area (Å²) in [5.41, 5.74) is -0.705. The lowest BCUT2D eigenvalue weighted by atomic mass is 9.80. The summed E-state index contributed by atoms with van der Waals surface area (Å²) in [6, 6.07) is 1.22. The van der Waals surface area contributed by atoms with E-state index in [4.69, 9.17) is 14.0 Å². The fourth-order valence-electron chi connectivity index (χ4n) is 1.68. The third kappa shape index (κ3) is 2.10. The minimum atomic E-state index is -0.742. The zero-order chi connectivity index (χ0) is 13.6. The molecule has 1 aromatic heterocycles. The lowest BCUT2D eigenvalue weighted by Gasteiger charge is -2.32. The Bertz CT molecular complexity index is 449. The second-order valence-corrected chi connectivity index (χ2v) is 5.34. The van der Waals surface area contributed by atoms with Crippen LogP contribution in [0.15, 0.2) is 12.3 Å². The molecule has 98 valence electrons. The fourth-order valence-corrected chi connectivity index (χ4v) is 1.68. The quantitative estimate of drug-likeness (QED) is 0.749. The molecule has 1 fully saturated rings. The average Bonchev–Trinajstić information content (AvgIpc) is 2.47. The van der Waals surface area contributed by atoms with Gasteiger partial charge >= 0.3 is 7.12 Å². The Labute approximate surface area is 107 Å². The van der Waals surface area contributed by atoms with Crippen molar-refractivity contribution in [3.05, 3.63) is 18.1 Å². The van der Waals surface area contributed by atoms with Crippen LogP contribution in [0.5, 0.6) is 5.88 Å². The molecule has 1 aromatic rings. The fraction of sp³-hybridized carbons (Fsp3) is 0.583. The molecule has 4 nitrogen and oxygen atoms in total. The van der Waals surface area contributed by atoms with Crippen molar-refractivity contribution in [1.29, 1.82) is 0 Å². The minimum Gasteiger partial charge on any atom is -0.481 e. The summed E-state index contributed by atoms with van der Waals surface area (Å²) >= 11 is 0. The monoisotopic (exact) mass is 253 g/mol. The molecule has 6 heteroatoms. The van der Waals surface area contributed by atoms with Gasteiger partial charge in [0.1, 0.15) is 5.82 Å². The van der Waals surface area contributed by atoms with Crippen LogP contribution in [0.1, 0.15) is 27.7 Å². The minimum absolute atomic E-state index is 0.229. The first-order valence-electron chi connectivity index (χ1n) is 5.82. The molecule has 2 heterocycles. The third-order valence-corrected chi connectivity index (χ3v) is 3.57. The van der Waals surface area contributed by atoms with Crippen molar-refractivity contribution in [3.8, 4) is 5.88 Å². The van der Waals surface area contributed by atoms with Crippen molar-refractivity contribution in [3.63, 3.8) is 0 Å². The van der Waals surface area contributed by atoms with Crippen LogP contribution in [0, 0.1) is 5.82 Å². The van der Waals surface area contributed by atoms with Gasteiger partial charge in [0.25, 0.3) is 0 Å². The van der Waals surface area contributed by atoms with E-state index in [2.05, 4.69) is 4.98 Å². The van der Waals surface area contributed by atoms with Crippen molar-refractivity contribution < 1.29 is 18.4 Å². The predicted molar refractivity (Wildman–Crippen MR) is 66.5 cm³/mol. The summed E-state index contributed by atoms with van der Waals surface area (Å²) < 4.78 is 30.3. The maximum Gasteiger partial charge on any atom is 0.499 e. The number of methoxy groups -OCH3 is 1. The van der Waals surface area contributed by atoms with Gasteiger partial charge in [0.15, 0.2) is 0 Å². The van der Waals surface area contributed by atoms with E-state index in [0.717, 1.165) is 0 Å². The number of hydrogen-bond donors (Lipinski definition) is 0. The highest BCUT2D eigenvalue weighted by molar-refractivity contribution is 6.62. The number of hydrogen-bond acceptors (Lipinski definition) is 4. The highest BCUT2D eigenvalue weighted by Gasteiger charge is 2.52. The number of nitrogens with zero attached hydrogens (tertiary/aromatic N) is 1. The van der Waals surface area contributed by atoms with Crippen LogP contribution in [0.2, 0.25) is 0 Å². The van der Waals surface area contributed by atoms with E-state index in [1.54, 1.807) is 0 Å². The predicted octanol–water partition coefficient (Wildman–Crippen LogP) is 1.53. The van der Waals surface area contributed by atoms with Gasteiger partial charge in [0, 0.05) is 17.7 Å². The van der Waals surface area contributed by atoms with Crippen LogP contribution in [0.3, 0.4) is 0 Å². The van der Waals surface area contributed by atoms with E-state index in [0.29, 0.717) is 0 Å². The Morgan fingerprint density at radius 3 is 2.22 bits per heavy atom. The van der Waals surface area contributed by atoms with Crippen molar-refractivity contribution in [2.75, 3.05) is 7.11 Å². The van der Waals surface area contributed by atoms with Gasteiger partial charge in [-0.05, 0) is 27.7 Å². The largest absolute Gasteiger partial charge is 0.499 e. The maximum absolute atomic E-state index is 13.9. The Morgan fingerprint density at radius 1 is 1.22 bits per heavy atom. The standard InChI is InChI=1S/C12H17BFNO3/c1-11(2)12(3,4)18-13(17-11)8-7-15-10(16-5)6-9(8)14/h6-7H,1-5H3. The van der Waals surface area contributed by atoms with Crippen molar-refractivity contribution in [2.24, 2.45) is 0 Å². The van der Waals surface area contributed by atoms with Gasteiger partial charge in [-0.15, -0.1) is 0 Å². The number of pyridine rings is 1. The molecule has 0 aliphatic carbocycles. The molecule has 0 spiro atoms. The van der Waals surface area contributed by atoms with E-state index in [9.17, 15) is 4.39 Å². The third-order valence-electron chi connectivity index (χ3n) is 3.57. The first-order chi connectivity index (χ1) is 8.27. The second kappa shape index (κ2) is 4.21. The molecule has 1 saturated heterocycles. The van der Waals surface area contributed by atoms with Gasteiger partial charge in [-0.3, -0.25) is 0 Å². The van der Waals surface area contributed by atoms with Crippen LogP contribution in [0.4, 0.5) is 4.39 Å². The molecule has 0 aromatic carbocycles. The summed E-state index contributed by atoms with van der Waals surface area (Å²) in [5, 5.41) is 0. The van der Waals surface area contributed by atoms with E-state index < -0.39 is 24.1 Å². The Kier molecular flexibility index (Phi) is 3.11. The first kappa shape index (κ1) is 13.3. The molecule has 0 unspecified atom stereocenters. The van der Waals surface area contributed by atoms with Gasteiger partial charge in [0.05, 0.1) is 18.3 Å². The topological polar surface area (TPSA) is 40.6 Å². The van der Waals surface area contributed by atoms with Gasteiger partial charge in [-0.25, -0.2) is 9.37 Å². The van der Waals surface area contributed by atoms with E-state index in [1.165, 1.54) is 19.4 Å². The zero-order valence-corrected chi connectivity index (χ0v) is 11.3. The lowest BCUT2D eigenvalue weighted by Crippen LogP contribution is -2.41. The highest BCUT2D eigenvalue weighted by Crippen LogP contribution is 2.36. The zero-order valence-electron chi connectivity index (χ0n) is 11.3. The molecule has 0 bridgehead atoms. The van der Waals surface area contributed by atoms with Gasteiger partial charge in [0.2, 0.25) is 5.88 Å². The van der Waals surface area contributed by atoms with Gasteiger partial charge < -0.3 is 14.0 Å². The molecule has 0 atom stereocenters. The summed E-state index contributed by atoms with van der Waals surface area (Å²) in [6.07, 6.45) is 1.39. The van der Waals surface area contributed by atoms with E-state index in [1.807, 2.05) is 27.7 Å². The molecule has 0 saturated carbocycles. The first-order valence-corrected chi connectivity index (χ1v) is 5.82. The van der Waals surface area contributed by atoms with Gasteiger partial charge in [-0.2, -0.15) is 0 Å². The molecule has 18 heavy (non-hydrogen) atoms. The number of aromatic nitrogens is 1. The Hall–Kier alpha value is -1.14. The molecule has 1 aliphatic heterocycles. The molecule has 2 rings (SSSR count). The summed E-state index contributed by atoms with van der Waals surface area (Å²) in [4.78, 5) is 3.98. The smallest absolute Gasteiger partial charge is 0.481 e. The van der Waals surface area contributed by atoms with Crippen LogP contribution >= 0.6 is 0 Å². The normalized spacial score (nSPS) is 21.1.